The van der Waals surface area contributed by atoms with Gasteiger partial charge in [-0.15, -0.1) is 0 Å². The van der Waals surface area contributed by atoms with Crippen molar-refractivity contribution in [2.75, 3.05) is 36.6 Å². The summed E-state index contributed by atoms with van der Waals surface area (Å²) in [6, 6.07) is 5.22. The summed E-state index contributed by atoms with van der Waals surface area (Å²) in [6.45, 7) is 3.31. The molecular weight excluding hydrogens is 327 g/mol. The predicted octanol–water partition coefficient (Wildman–Crippen LogP) is 2.67. The van der Waals surface area contributed by atoms with Gasteiger partial charge in [0.1, 0.15) is 37.5 Å². The Morgan fingerprint density at radius 3 is 3.08 bits per heavy atom. The van der Waals surface area contributed by atoms with Gasteiger partial charge in [-0.05, 0) is 19.1 Å². The molecule has 0 unspecified atom stereocenters. The van der Waals surface area contributed by atoms with Crippen LogP contribution < -0.4 is 15.0 Å². The largest absolute Gasteiger partial charge is 0.491 e. The van der Waals surface area contributed by atoms with Gasteiger partial charge >= 0.3 is 6.09 Å². The highest BCUT2D eigenvalue weighted by Gasteiger charge is 2.36. The average Bonchev–Trinajstić information content (AvgIpc) is 3.14. The molecule has 1 atom stereocenters. The van der Waals surface area contributed by atoms with E-state index in [-0.39, 0.29) is 6.61 Å². The molecule has 1 fully saturated rings. The Hall–Kier alpha value is -2.77. The van der Waals surface area contributed by atoms with Crippen LogP contribution in [-0.4, -0.2) is 48.1 Å². The first-order valence-corrected chi connectivity index (χ1v) is 8.31. The number of nitrogens with zero attached hydrogens (tertiary/aromatic N) is 3. The fourth-order valence-corrected chi connectivity index (χ4v) is 3.15. The number of cyclic esters (lactones) is 1. The van der Waals surface area contributed by atoms with Gasteiger partial charge in [0, 0.05) is 24.5 Å². The minimum atomic E-state index is -0.667. The van der Waals surface area contributed by atoms with Gasteiger partial charge in [0.2, 0.25) is 0 Å². The number of halogens is 1. The average molecular weight is 346 g/mol. The minimum absolute atomic E-state index is 0.0449. The minimum Gasteiger partial charge on any atom is -0.491 e. The Morgan fingerprint density at radius 1 is 1.40 bits per heavy atom. The molecule has 1 amide bonds. The summed E-state index contributed by atoms with van der Waals surface area (Å²) >= 11 is 0. The maximum atomic E-state index is 13.2. The molecule has 8 heteroatoms. The third kappa shape index (κ3) is 2.67. The Labute approximate surface area is 144 Å². The van der Waals surface area contributed by atoms with E-state index in [1.54, 1.807) is 6.20 Å². The maximum absolute atomic E-state index is 13.2. The summed E-state index contributed by atoms with van der Waals surface area (Å²) in [5.41, 5.74) is 1.82. The lowest BCUT2D eigenvalue weighted by Crippen LogP contribution is -2.35. The van der Waals surface area contributed by atoms with Gasteiger partial charge in [-0.2, -0.15) is 0 Å². The smallest absolute Gasteiger partial charge is 0.416 e. The lowest BCUT2D eigenvalue weighted by atomic mass is 10.1. The fraction of sp³-hybridized carbons (Fsp3) is 0.412. The topological polar surface area (TPSA) is 68.6 Å². The van der Waals surface area contributed by atoms with Crippen LogP contribution >= 0.6 is 0 Å². The van der Waals surface area contributed by atoms with Crippen molar-refractivity contribution in [1.29, 1.82) is 0 Å². The van der Waals surface area contributed by atoms with Crippen LogP contribution in [0, 0.1) is 0 Å². The quantitative estimate of drug-likeness (QED) is 0.922. The van der Waals surface area contributed by atoms with Crippen molar-refractivity contribution in [2.24, 2.45) is 0 Å². The number of fused-ring (bicyclic) bond motifs is 3. The maximum Gasteiger partial charge on any atom is 0.416 e. The number of hydrogen-bond acceptors (Lipinski definition) is 5. The molecule has 1 saturated heterocycles. The standard InChI is InChI=1S/C17H19FN4O3/c1-2-19-11-3-4-13-14(7-11)24-6-5-21-9-15(20-16(13)21)22-12(8-18)10-25-17(22)23/h3-4,7,9,12,19H,2,5-6,8,10H2,1H3/t12-/m1/s1. The highest BCUT2D eigenvalue weighted by molar-refractivity contribution is 5.89. The number of aromatic nitrogens is 2. The van der Waals surface area contributed by atoms with Gasteiger partial charge < -0.3 is 19.4 Å². The van der Waals surface area contributed by atoms with Crippen LogP contribution in [0.1, 0.15) is 6.92 Å². The van der Waals surface area contributed by atoms with Crippen molar-refractivity contribution < 1.29 is 18.7 Å². The number of ether oxygens (including phenoxy) is 2. The fourth-order valence-electron chi connectivity index (χ4n) is 3.15. The van der Waals surface area contributed by atoms with Crippen molar-refractivity contribution in [1.82, 2.24) is 9.55 Å². The molecule has 0 spiro atoms. The number of rotatable bonds is 4. The zero-order valence-electron chi connectivity index (χ0n) is 13.9. The Bertz CT molecular complexity index is 807. The SMILES string of the molecule is CCNc1ccc2c(c1)OCCn1cc(N3C(=O)OC[C@H]3CF)nc1-2. The normalized spacial score (nSPS) is 18.9. The summed E-state index contributed by atoms with van der Waals surface area (Å²) in [5.74, 6) is 1.84. The Balaban J connectivity index is 1.74. The molecule has 1 aromatic carbocycles. The highest BCUT2D eigenvalue weighted by atomic mass is 19.1. The van der Waals surface area contributed by atoms with Crippen LogP contribution in [0.5, 0.6) is 5.75 Å². The van der Waals surface area contributed by atoms with Crippen molar-refractivity contribution in [3.63, 3.8) is 0 Å². The first kappa shape index (κ1) is 15.7. The second kappa shape index (κ2) is 6.27. The highest BCUT2D eigenvalue weighted by Crippen LogP contribution is 2.36. The van der Waals surface area contributed by atoms with Gasteiger partial charge in [0.15, 0.2) is 5.82 Å². The number of anilines is 2. The van der Waals surface area contributed by atoms with E-state index in [2.05, 4.69) is 10.3 Å². The van der Waals surface area contributed by atoms with E-state index in [0.29, 0.717) is 24.8 Å². The number of nitrogens with one attached hydrogen (secondary N) is 1. The molecule has 0 aliphatic carbocycles. The Kier molecular flexibility index (Phi) is 3.95. The first-order valence-electron chi connectivity index (χ1n) is 8.31. The van der Waals surface area contributed by atoms with Crippen LogP contribution in [0.4, 0.5) is 20.7 Å². The molecule has 0 saturated carbocycles. The molecule has 1 aromatic heterocycles. The number of hydrogen-bond donors (Lipinski definition) is 1. The molecule has 2 aliphatic heterocycles. The van der Waals surface area contributed by atoms with Gasteiger partial charge in [-0.1, -0.05) is 0 Å². The van der Waals surface area contributed by atoms with Crippen molar-refractivity contribution in [2.45, 2.75) is 19.5 Å². The zero-order chi connectivity index (χ0) is 17.4. The lowest BCUT2D eigenvalue weighted by Gasteiger charge is -2.15. The summed E-state index contributed by atoms with van der Waals surface area (Å²) in [7, 11) is 0. The third-order valence-electron chi connectivity index (χ3n) is 4.34. The number of amides is 1. The number of imidazole rings is 1. The number of carbonyl (C=O) groups is 1. The van der Waals surface area contributed by atoms with Gasteiger partial charge in [-0.3, -0.25) is 4.90 Å². The summed E-state index contributed by atoms with van der Waals surface area (Å²) < 4.78 is 25.9. The van der Waals surface area contributed by atoms with E-state index in [9.17, 15) is 9.18 Å². The zero-order valence-corrected chi connectivity index (χ0v) is 13.9. The molecule has 7 nitrogen and oxygen atoms in total. The molecule has 3 heterocycles. The summed E-state index contributed by atoms with van der Waals surface area (Å²) in [5, 5.41) is 3.25. The molecule has 25 heavy (non-hydrogen) atoms. The van der Waals surface area contributed by atoms with Crippen molar-refractivity contribution >= 4 is 17.6 Å². The monoisotopic (exact) mass is 346 g/mol. The molecular formula is C17H19FN4O3. The van der Waals surface area contributed by atoms with Crippen LogP contribution in [0.2, 0.25) is 0 Å². The van der Waals surface area contributed by atoms with Crippen LogP contribution in [0.25, 0.3) is 11.4 Å². The molecule has 132 valence electrons. The second-order valence-corrected chi connectivity index (χ2v) is 5.96. The second-order valence-electron chi connectivity index (χ2n) is 5.96. The van der Waals surface area contributed by atoms with Gasteiger partial charge in [-0.25, -0.2) is 14.2 Å². The molecule has 2 aromatic rings. The molecule has 2 aliphatic rings. The van der Waals surface area contributed by atoms with Crippen LogP contribution in [0.3, 0.4) is 0 Å². The van der Waals surface area contributed by atoms with Crippen molar-refractivity contribution in [3.05, 3.63) is 24.4 Å². The van der Waals surface area contributed by atoms with Gasteiger partial charge in [0.25, 0.3) is 0 Å². The number of carbonyl (C=O) groups excluding carboxylic acids is 1. The predicted molar refractivity (Wildman–Crippen MR) is 90.9 cm³/mol. The van der Waals surface area contributed by atoms with E-state index >= 15 is 0 Å². The van der Waals surface area contributed by atoms with Crippen LogP contribution in [-0.2, 0) is 11.3 Å². The van der Waals surface area contributed by atoms with E-state index in [0.717, 1.165) is 23.5 Å². The van der Waals surface area contributed by atoms with E-state index in [1.165, 1.54) is 4.90 Å². The molecule has 1 N–H and O–H groups in total. The molecule has 0 bridgehead atoms. The number of benzene rings is 1. The van der Waals surface area contributed by atoms with E-state index in [1.807, 2.05) is 29.7 Å². The summed E-state index contributed by atoms with van der Waals surface area (Å²) in [4.78, 5) is 17.8. The van der Waals surface area contributed by atoms with Crippen LogP contribution in [0.15, 0.2) is 24.4 Å². The van der Waals surface area contributed by atoms with E-state index < -0.39 is 18.8 Å². The third-order valence-corrected chi connectivity index (χ3v) is 4.34. The Morgan fingerprint density at radius 2 is 2.28 bits per heavy atom. The number of alkyl halides is 1. The van der Waals surface area contributed by atoms with E-state index in [4.69, 9.17) is 9.47 Å². The summed E-state index contributed by atoms with van der Waals surface area (Å²) in [6.07, 6.45) is 1.19. The molecule has 4 rings (SSSR count). The lowest BCUT2D eigenvalue weighted by molar-refractivity contribution is 0.177. The van der Waals surface area contributed by atoms with Gasteiger partial charge in [0.05, 0.1) is 12.1 Å². The molecule has 0 radical (unpaired) electrons. The first-order chi connectivity index (χ1) is 12.2. The van der Waals surface area contributed by atoms with Crippen molar-refractivity contribution in [3.8, 4) is 17.1 Å².